The number of sulfonamides is 1. The lowest BCUT2D eigenvalue weighted by Crippen LogP contribution is -2.35. The van der Waals surface area contributed by atoms with E-state index in [1.807, 2.05) is 13.0 Å². The summed E-state index contributed by atoms with van der Waals surface area (Å²) in [5.74, 6) is -0.936. The zero-order valence-electron chi connectivity index (χ0n) is 16.0. The lowest BCUT2D eigenvalue weighted by Gasteiger charge is -2.10. The van der Waals surface area contributed by atoms with Crippen molar-refractivity contribution >= 4 is 15.9 Å². The van der Waals surface area contributed by atoms with E-state index >= 15 is 0 Å². The zero-order valence-corrected chi connectivity index (χ0v) is 16.8. The average Bonchev–Trinajstić information content (AvgIpc) is 3.17. The minimum absolute atomic E-state index is 0.0233. The number of aromatic nitrogens is 2. The topological polar surface area (TPSA) is 93.1 Å². The Morgan fingerprint density at radius 2 is 1.86 bits per heavy atom. The van der Waals surface area contributed by atoms with E-state index < -0.39 is 21.7 Å². The standard InChI is InChI=1S/C20H21FN4O3S/c1-14-7-8-15(2)19(13-14)29(27,28)23-11-10-22-20(26)17-9-12-25(24-17)18-6-4-3-5-16(18)21/h3-9,12-13,23H,10-11H2,1-2H3,(H,22,26). The van der Waals surface area contributed by atoms with Gasteiger partial charge in [-0.15, -0.1) is 0 Å². The van der Waals surface area contributed by atoms with Gasteiger partial charge in [0.15, 0.2) is 5.69 Å². The predicted octanol–water partition coefficient (Wildman–Crippen LogP) is 2.34. The molecule has 9 heteroatoms. The molecule has 0 radical (unpaired) electrons. The summed E-state index contributed by atoms with van der Waals surface area (Å²) in [4.78, 5) is 12.4. The van der Waals surface area contributed by atoms with Crippen LogP contribution in [0.3, 0.4) is 0 Å². The molecule has 2 N–H and O–H groups in total. The van der Waals surface area contributed by atoms with Crippen molar-refractivity contribution in [3.8, 4) is 5.69 Å². The van der Waals surface area contributed by atoms with Crippen LogP contribution in [-0.2, 0) is 10.0 Å². The van der Waals surface area contributed by atoms with Crippen molar-refractivity contribution in [3.05, 3.63) is 77.4 Å². The molecule has 1 aromatic heterocycles. The van der Waals surface area contributed by atoms with Crippen LogP contribution in [0.25, 0.3) is 5.69 Å². The van der Waals surface area contributed by atoms with Gasteiger partial charge in [0.1, 0.15) is 11.5 Å². The molecule has 0 unspecified atom stereocenters. The van der Waals surface area contributed by atoms with Gasteiger partial charge in [0.25, 0.3) is 5.91 Å². The van der Waals surface area contributed by atoms with E-state index in [0.717, 1.165) is 5.56 Å². The summed E-state index contributed by atoms with van der Waals surface area (Å²) in [5, 5.41) is 6.66. The monoisotopic (exact) mass is 416 g/mol. The molecule has 1 amide bonds. The predicted molar refractivity (Wildman–Crippen MR) is 107 cm³/mol. The van der Waals surface area contributed by atoms with Gasteiger partial charge in [-0.3, -0.25) is 4.79 Å². The Hall–Kier alpha value is -3.04. The van der Waals surface area contributed by atoms with Gasteiger partial charge >= 0.3 is 0 Å². The summed E-state index contributed by atoms with van der Waals surface area (Å²) >= 11 is 0. The number of benzene rings is 2. The second kappa shape index (κ2) is 8.54. The van der Waals surface area contributed by atoms with Gasteiger partial charge in [-0.05, 0) is 49.2 Å². The second-order valence-corrected chi connectivity index (χ2v) is 8.25. The maximum atomic E-state index is 13.8. The lowest BCUT2D eigenvalue weighted by atomic mass is 10.2. The maximum Gasteiger partial charge on any atom is 0.271 e. The van der Waals surface area contributed by atoms with Gasteiger partial charge in [0, 0.05) is 19.3 Å². The van der Waals surface area contributed by atoms with Crippen LogP contribution < -0.4 is 10.0 Å². The molecule has 0 aliphatic carbocycles. The molecule has 3 rings (SSSR count). The van der Waals surface area contributed by atoms with Gasteiger partial charge in [-0.2, -0.15) is 5.10 Å². The minimum atomic E-state index is -3.68. The van der Waals surface area contributed by atoms with Gasteiger partial charge in [-0.25, -0.2) is 22.2 Å². The molecule has 0 aliphatic rings. The Labute approximate surface area is 168 Å². The van der Waals surface area contributed by atoms with E-state index in [1.165, 1.54) is 23.0 Å². The van der Waals surface area contributed by atoms with Gasteiger partial charge in [-0.1, -0.05) is 24.3 Å². The first-order chi connectivity index (χ1) is 13.8. The Kier molecular flexibility index (Phi) is 6.09. The quantitative estimate of drug-likeness (QED) is 0.578. The summed E-state index contributed by atoms with van der Waals surface area (Å²) in [5.41, 5.74) is 1.82. The fourth-order valence-corrected chi connectivity index (χ4v) is 4.10. The van der Waals surface area contributed by atoms with E-state index in [-0.39, 0.29) is 29.4 Å². The van der Waals surface area contributed by atoms with Gasteiger partial charge in [0.2, 0.25) is 10.0 Å². The summed E-state index contributed by atoms with van der Waals surface area (Å²) in [6.45, 7) is 3.64. The number of rotatable bonds is 7. The minimum Gasteiger partial charge on any atom is -0.349 e. The number of nitrogens with one attached hydrogen (secondary N) is 2. The number of para-hydroxylation sites is 1. The van der Waals surface area contributed by atoms with E-state index in [1.54, 1.807) is 37.3 Å². The van der Waals surface area contributed by atoms with Crippen molar-refractivity contribution in [2.45, 2.75) is 18.7 Å². The van der Waals surface area contributed by atoms with Crippen LogP contribution >= 0.6 is 0 Å². The van der Waals surface area contributed by atoms with Crippen LogP contribution in [0.2, 0.25) is 0 Å². The first-order valence-corrected chi connectivity index (χ1v) is 10.4. The molecule has 1 heterocycles. The van der Waals surface area contributed by atoms with Gasteiger partial charge in [0.05, 0.1) is 4.90 Å². The van der Waals surface area contributed by atoms with Crippen molar-refractivity contribution in [2.75, 3.05) is 13.1 Å². The molecular formula is C20H21FN4O3S. The van der Waals surface area contributed by atoms with Crippen LogP contribution in [0.4, 0.5) is 4.39 Å². The van der Waals surface area contributed by atoms with E-state index in [9.17, 15) is 17.6 Å². The molecule has 0 aliphatic heterocycles. The molecular weight excluding hydrogens is 395 g/mol. The van der Waals surface area contributed by atoms with Gasteiger partial charge < -0.3 is 5.32 Å². The number of hydrogen-bond acceptors (Lipinski definition) is 4. The summed E-state index contributed by atoms with van der Waals surface area (Å²) in [7, 11) is -3.68. The normalized spacial score (nSPS) is 11.4. The van der Waals surface area contributed by atoms with Crippen LogP contribution in [-0.4, -0.2) is 37.2 Å². The molecule has 0 bridgehead atoms. The summed E-state index contributed by atoms with van der Waals surface area (Å²) in [6, 6.07) is 12.7. The molecule has 29 heavy (non-hydrogen) atoms. The molecule has 2 aromatic carbocycles. The van der Waals surface area contributed by atoms with Crippen molar-refractivity contribution in [2.24, 2.45) is 0 Å². The maximum absolute atomic E-state index is 13.8. The second-order valence-electron chi connectivity index (χ2n) is 6.52. The summed E-state index contributed by atoms with van der Waals surface area (Å²) in [6.07, 6.45) is 1.48. The number of amides is 1. The van der Waals surface area contributed by atoms with E-state index in [0.29, 0.717) is 5.56 Å². The Morgan fingerprint density at radius 1 is 1.10 bits per heavy atom. The number of nitrogens with zero attached hydrogens (tertiary/aromatic N) is 2. The van der Waals surface area contributed by atoms with E-state index in [2.05, 4.69) is 15.1 Å². The highest BCUT2D eigenvalue weighted by Gasteiger charge is 2.17. The fraction of sp³-hybridized carbons (Fsp3) is 0.200. The van der Waals surface area contributed by atoms with Crippen molar-refractivity contribution < 1.29 is 17.6 Å². The first-order valence-electron chi connectivity index (χ1n) is 8.93. The van der Waals surface area contributed by atoms with Crippen LogP contribution in [0.15, 0.2) is 59.6 Å². The largest absolute Gasteiger partial charge is 0.349 e. The SMILES string of the molecule is Cc1ccc(C)c(S(=O)(=O)NCCNC(=O)c2ccn(-c3ccccc3F)n2)c1. The Balaban J connectivity index is 1.57. The van der Waals surface area contributed by atoms with Crippen molar-refractivity contribution in [1.82, 2.24) is 19.8 Å². The first kappa shape index (κ1) is 20.7. The lowest BCUT2D eigenvalue weighted by molar-refractivity contribution is 0.0949. The average molecular weight is 416 g/mol. The number of carbonyl (C=O) groups is 1. The number of carbonyl (C=O) groups excluding carboxylic acids is 1. The van der Waals surface area contributed by atoms with Crippen molar-refractivity contribution in [3.63, 3.8) is 0 Å². The highest BCUT2D eigenvalue weighted by atomic mass is 32.2. The van der Waals surface area contributed by atoms with Crippen LogP contribution in [0, 0.1) is 19.7 Å². The smallest absolute Gasteiger partial charge is 0.271 e. The highest BCUT2D eigenvalue weighted by Crippen LogP contribution is 2.16. The summed E-state index contributed by atoms with van der Waals surface area (Å²) < 4.78 is 42.4. The molecule has 0 saturated carbocycles. The number of hydrogen-bond donors (Lipinski definition) is 2. The number of aryl methyl sites for hydroxylation is 2. The molecule has 0 atom stereocenters. The van der Waals surface area contributed by atoms with Crippen LogP contribution in [0.1, 0.15) is 21.6 Å². The number of halogens is 1. The third-order valence-corrected chi connectivity index (χ3v) is 5.86. The third-order valence-electron chi connectivity index (χ3n) is 4.26. The zero-order chi connectivity index (χ0) is 21.0. The molecule has 0 fully saturated rings. The molecule has 0 saturated heterocycles. The molecule has 152 valence electrons. The molecule has 7 nitrogen and oxygen atoms in total. The third kappa shape index (κ3) is 4.87. The highest BCUT2D eigenvalue weighted by molar-refractivity contribution is 7.89. The Bertz CT molecular complexity index is 1140. The van der Waals surface area contributed by atoms with Crippen molar-refractivity contribution in [1.29, 1.82) is 0 Å². The molecule has 3 aromatic rings. The molecule has 0 spiro atoms. The van der Waals surface area contributed by atoms with Crippen LogP contribution in [0.5, 0.6) is 0 Å². The van der Waals surface area contributed by atoms with E-state index in [4.69, 9.17) is 0 Å². The Morgan fingerprint density at radius 3 is 2.62 bits per heavy atom. The fourth-order valence-electron chi connectivity index (χ4n) is 2.74.